The Morgan fingerprint density at radius 1 is 1.00 bits per heavy atom. The average Bonchev–Trinajstić information content (AvgIpc) is 2.42. The van der Waals surface area contributed by atoms with Gasteiger partial charge < -0.3 is 18.9 Å². The summed E-state index contributed by atoms with van der Waals surface area (Å²) in [4.78, 5) is 26.3. The number of rotatable bonds is 4. The highest BCUT2D eigenvalue weighted by atomic mass is 16.7. The van der Waals surface area contributed by atoms with Crippen LogP contribution in [0.2, 0.25) is 0 Å². The van der Waals surface area contributed by atoms with Crippen molar-refractivity contribution in [3.8, 4) is 0 Å². The second kappa shape index (κ2) is 7.62. The maximum Gasteiger partial charge on any atom is 0.326 e. The number of hydrogen-bond donors (Lipinski definition) is 0. The van der Waals surface area contributed by atoms with Gasteiger partial charge in [0.25, 0.3) is 0 Å². The van der Waals surface area contributed by atoms with E-state index in [1.54, 1.807) is 48.7 Å². The van der Waals surface area contributed by atoms with Gasteiger partial charge in [-0.05, 0) is 53.9 Å². The van der Waals surface area contributed by atoms with Gasteiger partial charge in [0.05, 0.1) is 6.10 Å². The van der Waals surface area contributed by atoms with Gasteiger partial charge >= 0.3 is 11.9 Å². The Bertz CT molecular complexity index is 455. The molecule has 1 aliphatic rings. The molecule has 1 heterocycles. The third-order valence-electron chi connectivity index (χ3n) is 3.95. The molecule has 6 nitrogen and oxygen atoms in total. The molecule has 0 aromatic heterocycles. The van der Waals surface area contributed by atoms with Gasteiger partial charge in [0, 0.05) is 13.5 Å². The van der Waals surface area contributed by atoms with Crippen LogP contribution in [-0.4, -0.2) is 42.6 Å². The van der Waals surface area contributed by atoms with E-state index >= 15 is 0 Å². The van der Waals surface area contributed by atoms with Crippen LogP contribution in [0.25, 0.3) is 0 Å². The fourth-order valence-electron chi connectivity index (χ4n) is 2.99. The lowest BCUT2D eigenvalue weighted by Gasteiger charge is -2.45. The predicted molar refractivity (Wildman–Crippen MR) is 93.9 cm³/mol. The van der Waals surface area contributed by atoms with Crippen molar-refractivity contribution in [2.24, 2.45) is 11.3 Å². The number of esters is 2. The lowest BCUT2D eigenvalue weighted by molar-refractivity contribution is -0.249. The van der Waals surface area contributed by atoms with Gasteiger partial charge in [-0.1, -0.05) is 13.8 Å². The molecule has 0 N–H and O–H groups in total. The van der Waals surface area contributed by atoms with E-state index in [0.717, 1.165) is 0 Å². The molecule has 0 aromatic carbocycles. The summed E-state index contributed by atoms with van der Waals surface area (Å²) in [5, 5.41) is 0. The first kappa shape index (κ1) is 21.9. The first-order valence-corrected chi connectivity index (χ1v) is 8.88. The normalized spacial score (nSPS) is 24.1. The average molecular weight is 358 g/mol. The van der Waals surface area contributed by atoms with Crippen molar-refractivity contribution in [1.82, 2.24) is 0 Å². The molecule has 146 valence electrons. The number of carbonyl (C=O) groups excluding carboxylic acids is 2. The zero-order chi connectivity index (χ0) is 19.6. The molecule has 6 heteroatoms. The molecule has 1 saturated heterocycles. The Kier molecular flexibility index (Phi) is 6.68. The van der Waals surface area contributed by atoms with Gasteiger partial charge in [0.2, 0.25) is 0 Å². The molecule has 0 bridgehead atoms. The minimum atomic E-state index is -1.50. The van der Waals surface area contributed by atoms with Crippen LogP contribution in [0.15, 0.2) is 0 Å². The maximum absolute atomic E-state index is 13.1. The van der Waals surface area contributed by atoms with Crippen LogP contribution in [-0.2, 0) is 28.5 Å². The van der Waals surface area contributed by atoms with Crippen molar-refractivity contribution in [1.29, 1.82) is 0 Å². The number of hydrogen-bond acceptors (Lipinski definition) is 6. The molecule has 0 aliphatic carbocycles. The third-order valence-corrected chi connectivity index (χ3v) is 3.95. The zero-order valence-electron chi connectivity index (χ0n) is 17.1. The molecule has 1 fully saturated rings. The second-order valence-corrected chi connectivity index (χ2v) is 8.98. The van der Waals surface area contributed by atoms with Crippen molar-refractivity contribution >= 4 is 11.9 Å². The molecule has 1 rings (SSSR count). The van der Waals surface area contributed by atoms with Gasteiger partial charge in [-0.25, -0.2) is 0 Å². The Labute approximate surface area is 151 Å². The Morgan fingerprint density at radius 3 is 1.76 bits per heavy atom. The van der Waals surface area contributed by atoms with Crippen molar-refractivity contribution in [2.75, 3.05) is 7.11 Å². The van der Waals surface area contributed by atoms with Crippen LogP contribution >= 0.6 is 0 Å². The van der Waals surface area contributed by atoms with E-state index in [0.29, 0.717) is 6.42 Å². The minimum absolute atomic E-state index is 0.0991. The number of carbonyl (C=O) groups is 2. The summed E-state index contributed by atoms with van der Waals surface area (Å²) >= 11 is 0. The number of ether oxygens (including phenoxy) is 4. The van der Waals surface area contributed by atoms with Crippen LogP contribution in [0.3, 0.4) is 0 Å². The van der Waals surface area contributed by atoms with Gasteiger partial charge in [-0.15, -0.1) is 0 Å². The molecule has 0 saturated carbocycles. The molecular weight excluding hydrogens is 324 g/mol. The molecule has 0 radical (unpaired) electrons. The number of methoxy groups -OCH3 is 1. The topological polar surface area (TPSA) is 71.1 Å². The second-order valence-electron chi connectivity index (χ2n) is 8.98. The van der Waals surface area contributed by atoms with Gasteiger partial charge in [0.15, 0.2) is 11.7 Å². The quantitative estimate of drug-likeness (QED) is 0.566. The predicted octanol–water partition coefficient (Wildman–Crippen LogP) is 3.46. The fraction of sp³-hybridized carbons (Fsp3) is 0.895. The molecule has 1 aliphatic heterocycles. The minimum Gasteiger partial charge on any atom is -0.459 e. The molecule has 0 unspecified atom stereocenters. The Morgan fingerprint density at radius 2 is 1.44 bits per heavy atom. The Balaban J connectivity index is 3.35. The van der Waals surface area contributed by atoms with Crippen molar-refractivity contribution in [3.05, 3.63) is 0 Å². The summed E-state index contributed by atoms with van der Waals surface area (Å²) in [6.45, 7) is 14.5. The summed E-state index contributed by atoms with van der Waals surface area (Å²) in [6, 6.07) is 0. The van der Waals surface area contributed by atoms with E-state index < -0.39 is 40.9 Å². The molecular formula is C19H34O6. The Hall–Kier alpha value is -1.14. The lowest BCUT2D eigenvalue weighted by Crippen LogP contribution is -2.59. The fourth-order valence-corrected chi connectivity index (χ4v) is 2.99. The van der Waals surface area contributed by atoms with Crippen molar-refractivity contribution < 1.29 is 28.5 Å². The standard InChI is InChI=1S/C19H34O6/c1-12(2)14-19(11-10-13(22-9)23-14,15(20)24-17(3,4)5)16(21)25-18(6,7)8/h12-14H,10-11H2,1-9H3/t13-,14+/m1/s1. The van der Waals surface area contributed by atoms with E-state index in [2.05, 4.69) is 0 Å². The van der Waals surface area contributed by atoms with E-state index in [1.165, 1.54) is 0 Å². The molecule has 25 heavy (non-hydrogen) atoms. The third kappa shape index (κ3) is 5.42. The largest absolute Gasteiger partial charge is 0.459 e. The van der Waals surface area contributed by atoms with Gasteiger partial charge in [0.1, 0.15) is 11.2 Å². The first-order valence-electron chi connectivity index (χ1n) is 8.88. The molecule has 0 aromatic rings. The zero-order valence-corrected chi connectivity index (χ0v) is 17.1. The van der Waals surface area contributed by atoms with E-state index in [4.69, 9.17) is 18.9 Å². The highest BCUT2D eigenvalue weighted by molar-refractivity contribution is 6.01. The van der Waals surface area contributed by atoms with E-state index in [-0.39, 0.29) is 12.3 Å². The summed E-state index contributed by atoms with van der Waals surface area (Å²) < 4.78 is 22.5. The molecule has 2 atom stereocenters. The summed E-state index contributed by atoms with van der Waals surface area (Å²) in [7, 11) is 1.55. The highest BCUT2D eigenvalue weighted by Gasteiger charge is 2.60. The van der Waals surface area contributed by atoms with Crippen LogP contribution in [0.5, 0.6) is 0 Å². The van der Waals surface area contributed by atoms with Crippen molar-refractivity contribution in [3.63, 3.8) is 0 Å². The smallest absolute Gasteiger partial charge is 0.326 e. The first-order chi connectivity index (χ1) is 11.2. The van der Waals surface area contributed by atoms with Crippen molar-refractivity contribution in [2.45, 2.75) is 91.8 Å². The van der Waals surface area contributed by atoms with E-state index in [9.17, 15) is 9.59 Å². The van der Waals surface area contributed by atoms with Gasteiger partial charge in [-0.2, -0.15) is 0 Å². The van der Waals surface area contributed by atoms with Crippen LogP contribution in [0.1, 0.15) is 68.2 Å². The monoisotopic (exact) mass is 358 g/mol. The molecule has 0 spiro atoms. The highest BCUT2D eigenvalue weighted by Crippen LogP contribution is 2.44. The van der Waals surface area contributed by atoms with E-state index in [1.807, 2.05) is 13.8 Å². The summed E-state index contributed by atoms with van der Waals surface area (Å²) in [5.41, 5.74) is -2.93. The summed E-state index contributed by atoms with van der Waals surface area (Å²) in [6.07, 6.45) is -0.461. The summed E-state index contributed by atoms with van der Waals surface area (Å²) in [5.74, 6) is -1.29. The SMILES string of the molecule is CO[C@H]1CCC(C(=O)OC(C)(C)C)(C(=O)OC(C)(C)C)[C@H](C(C)C)O1. The van der Waals surface area contributed by atoms with Crippen LogP contribution < -0.4 is 0 Å². The van der Waals surface area contributed by atoms with Gasteiger partial charge in [-0.3, -0.25) is 9.59 Å². The van der Waals surface area contributed by atoms with Crippen LogP contribution in [0.4, 0.5) is 0 Å². The molecule has 0 amide bonds. The van der Waals surface area contributed by atoms with Crippen LogP contribution in [0, 0.1) is 11.3 Å². The maximum atomic E-state index is 13.1. The lowest BCUT2D eigenvalue weighted by atomic mass is 9.71.